The number of alkyl halides is 3. The Bertz CT molecular complexity index is 351. The van der Waals surface area contributed by atoms with Crippen LogP contribution in [0.3, 0.4) is 0 Å². The quantitative estimate of drug-likeness (QED) is 0.591. The monoisotopic (exact) mass is 336 g/mol. The Morgan fingerprint density at radius 3 is 2.43 bits per heavy atom. The van der Waals surface area contributed by atoms with Gasteiger partial charge < -0.3 is 4.74 Å². The van der Waals surface area contributed by atoms with Crippen LogP contribution < -0.4 is 4.74 Å². The van der Waals surface area contributed by atoms with Gasteiger partial charge in [-0.3, -0.25) is 0 Å². The van der Waals surface area contributed by atoms with Crippen LogP contribution in [0.25, 0.3) is 0 Å². The van der Waals surface area contributed by atoms with Gasteiger partial charge in [0.1, 0.15) is 11.6 Å². The van der Waals surface area contributed by atoms with Gasteiger partial charge in [-0.25, -0.2) is 4.39 Å². The molecule has 1 rings (SSSR count). The van der Waals surface area contributed by atoms with E-state index in [0.717, 1.165) is 12.1 Å². The van der Waals surface area contributed by atoms with E-state index in [1.54, 1.807) is 0 Å². The van der Waals surface area contributed by atoms with E-state index in [0.29, 0.717) is 0 Å². The number of benzene rings is 1. The second-order valence-corrected chi connectivity index (χ2v) is 3.99. The lowest BCUT2D eigenvalue weighted by atomic mass is 10.2. The van der Waals surface area contributed by atoms with Gasteiger partial charge in [-0.05, 0) is 46.3 Å². The van der Waals surface area contributed by atoms with Crippen molar-refractivity contribution in [1.82, 2.24) is 0 Å². The molecule has 0 bridgehead atoms. The number of ether oxygens (including phenoxy) is 1. The van der Waals surface area contributed by atoms with Crippen molar-refractivity contribution >= 4 is 34.2 Å². The Morgan fingerprint density at radius 2 is 2.00 bits per heavy atom. The smallest absolute Gasteiger partial charge is 0.352 e. The lowest BCUT2D eigenvalue weighted by Crippen LogP contribution is -2.10. The third-order valence-electron chi connectivity index (χ3n) is 1.56. The Labute approximate surface area is 97.3 Å². The Morgan fingerprint density at radius 1 is 1.43 bits per heavy atom. The molecule has 0 spiro atoms. The maximum atomic E-state index is 13.0. The molecule has 0 aliphatic carbocycles. The van der Waals surface area contributed by atoms with Crippen molar-refractivity contribution in [2.75, 3.05) is 7.11 Å². The molecule has 0 saturated heterocycles. The van der Waals surface area contributed by atoms with Gasteiger partial charge in [-0.2, -0.15) is 8.78 Å². The highest BCUT2D eigenvalue weighted by atomic mass is 127. The predicted molar refractivity (Wildman–Crippen MR) is 55.4 cm³/mol. The zero-order chi connectivity index (χ0) is 10.9. The second kappa shape index (κ2) is 4.14. The maximum Gasteiger partial charge on any atom is 0.352 e. The second-order valence-electron chi connectivity index (χ2n) is 2.44. The summed E-state index contributed by atoms with van der Waals surface area (Å²) in [6.07, 6.45) is 0. The SMILES string of the molecule is COc1ccc(F)c(I)c1C(F)(F)Cl. The number of methoxy groups -OCH3 is 1. The molecule has 0 aliphatic rings. The summed E-state index contributed by atoms with van der Waals surface area (Å²) in [5, 5.41) is -3.63. The van der Waals surface area contributed by atoms with Crippen LogP contribution in [0.15, 0.2) is 12.1 Å². The standard InChI is InChI=1S/C8H5ClF3IO/c1-14-5-3-2-4(10)7(13)6(5)8(9,11)12/h2-3H,1H3. The van der Waals surface area contributed by atoms with Crippen LogP contribution in [0.1, 0.15) is 5.56 Å². The lowest BCUT2D eigenvalue weighted by molar-refractivity contribution is 0.0902. The van der Waals surface area contributed by atoms with Gasteiger partial charge in [0.25, 0.3) is 0 Å². The molecule has 0 heterocycles. The van der Waals surface area contributed by atoms with E-state index in [1.807, 2.05) is 0 Å². The molecule has 0 radical (unpaired) electrons. The summed E-state index contributed by atoms with van der Waals surface area (Å²) in [6, 6.07) is 2.16. The first-order valence-electron chi connectivity index (χ1n) is 3.47. The van der Waals surface area contributed by atoms with Crippen molar-refractivity contribution < 1.29 is 17.9 Å². The fourth-order valence-electron chi connectivity index (χ4n) is 0.967. The molecule has 0 aliphatic heterocycles. The van der Waals surface area contributed by atoms with E-state index < -0.39 is 16.8 Å². The minimum atomic E-state index is -3.63. The molecule has 6 heteroatoms. The first-order chi connectivity index (χ1) is 6.38. The maximum absolute atomic E-state index is 13.0. The van der Waals surface area contributed by atoms with E-state index in [2.05, 4.69) is 4.74 Å². The van der Waals surface area contributed by atoms with Gasteiger partial charge in [-0.1, -0.05) is 0 Å². The molecule has 0 saturated carbocycles. The number of hydrogen-bond donors (Lipinski definition) is 0. The Balaban J connectivity index is 3.44. The minimum absolute atomic E-state index is 0.129. The highest BCUT2D eigenvalue weighted by Crippen LogP contribution is 2.41. The normalized spacial score (nSPS) is 11.6. The summed E-state index contributed by atoms with van der Waals surface area (Å²) in [5.74, 6) is -0.877. The van der Waals surface area contributed by atoms with E-state index in [4.69, 9.17) is 11.6 Å². The summed E-state index contributed by atoms with van der Waals surface area (Å²) in [7, 11) is 1.22. The molecule has 1 nitrogen and oxygen atoms in total. The van der Waals surface area contributed by atoms with Crippen molar-refractivity contribution in [2.24, 2.45) is 0 Å². The van der Waals surface area contributed by atoms with E-state index in [-0.39, 0.29) is 9.32 Å². The summed E-state index contributed by atoms with van der Waals surface area (Å²) >= 11 is 6.29. The van der Waals surface area contributed by atoms with Crippen LogP contribution in [0.4, 0.5) is 13.2 Å². The van der Waals surface area contributed by atoms with Crippen molar-refractivity contribution in [3.05, 3.63) is 27.1 Å². The zero-order valence-electron chi connectivity index (χ0n) is 6.95. The van der Waals surface area contributed by atoms with E-state index in [1.165, 1.54) is 29.7 Å². The average Bonchev–Trinajstić information content (AvgIpc) is 2.07. The van der Waals surface area contributed by atoms with Crippen molar-refractivity contribution in [2.45, 2.75) is 5.38 Å². The highest BCUT2D eigenvalue weighted by molar-refractivity contribution is 14.1. The molecule has 0 fully saturated rings. The number of hydrogen-bond acceptors (Lipinski definition) is 1. The fraction of sp³-hybridized carbons (Fsp3) is 0.250. The summed E-state index contributed by atoms with van der Waals surface area (Å²) in [5.41, 5.74) is -0.637. The van der Waals surface area contributed by atoms with Crippen LogP contribution >= 0.6 is 34.2 Å². The zero-order valence-corrected chi connectivity index (χ0v) is 9.87. The predicted octanol–water partition coefficient (Wildman–Crippen LogP) is 3.73. The van der Waals surface area contributed by atoms with Gasteiger partial charge >= 0.3 is 5.38 Å². The molecule has 0 unspecified atom stereocenters. The average molecular weight is 336 g/mol. The van der Waals surface area contributed by atoms with Crippen molar-refractivity contribution in [3.63, 3.8) is 0 Å². The highest BCUT2D eigenvalue weighted by Gasteiger charge is 2.35. The molecular weight excluding hydrogens is 331 g/mol. The first kappa shape index (κ1) is 11.9. The van der Waals surface area contributed by atoms with E-state index in [9.17, 15) is 13.2 Å². The van der Waals surface area contributed by atoms with Crippen LogP contribution in [-0.4, -0.2) is 7.11 Å². The van der Waals surface area contributed by atoms with Crippen LogP contribution in [0.5, 0.6) is 5.75 Å². The summed E-state index contributed by atoms with van der Waals surface area (Å²) in [4.78, 5) is 0. The first-order valence-corrected chi connectivity index (χ1v) is 4.92. The van der Waals surface area contributed by atoms with Gasteiger partial charge in [-0.15, -0.1) is 0 Å². The van der Waals surface area contributed by atoms with Gasteiger partial charge in [0.05, 0.1) is 16.2 Å². The molecule has 78 valence electrons. The van der Waals surface area contributed by atoms with Crippen LogP contribution in [0.2, 0.25) is 0 Å². The van der Waals surface area contributed by atoms with Gasteiger partial charge in [0.2, 0.25) is 0 Å². The van der Waals surface area contributed by atoms with Gasteiger partial charge in [0, 0.05) is 0 Å². The summed E-state index contributed by atoms with van der Waals surface area (Å²) < 4.78 is 43.1. The molecular formula is C8H5ClF3IO. The molecule has 0 N–H and O–H groups in total. The molecule has 0 atom stereocenters. The van der Waals surface area contributed by atoms with E-state index >= 15 is 0 Å². The molecule has 1 aromatic carbocycles. The molecule has 14 heavy (non-hydrogen) atoms. The molecule has 0 amide bonds. The lowest BCUT2D eigenvalue weighted by Gasteiger charge is -2.14. The Hall–Kier alpha value is -0.170. The third kappa shape index (κ3) is 2.25. The molecule has 1 aromatic rings. The largest absolute Gasteiger partial charge is 0.496 e. The minimum Gasteiger partial charge on any atom is -0.496 e. The van der Waals surface area contributed by atoms with Crippen molar-refractivity contribution in [1.29, 1.82) is 0 Å². The van der Waals surface area contributed by atoms with Crippen molar-refractivity contribution in [3.8, 4) is 5.75 Å². The van der Waals surface area contributed by atoms with Crippen LogP contribution in [-0.2, 0) is 5.38 Å². The number of halogens is 5. The molecule has 0 aromatic heterocycles. The van der Waals surface area contributed by atoms with Gasteiger partial charge in [0.15, 0.2) is 0 Å². The third-order valence-corrected chi connectivity index (χ3v) is 2.80. The number of rotatable bonds is 2. The Kier molecular flexibility index (Phi) is 3.52. The topological polar surface area (TPSA) is 9.23 Å². The van der Waals surface area contributed by atoms with Crippen LogP contribution in [0, 0.1) is 9.39 Å². The summed E-state index contributed by atoms with van der Waals surface area (Å²) in [6.45, 7) is 0. The fourth-order valence-corrected chi connectivity index (χ4v) is 2.10.